The molecule has 2 aromatic heterocycles. The maximum Gasteiger partial charge on any atom is 0.278 e. The number of aromatic nitrogens is 3. The van der Waals surface area contributed by atoms with Gasteiger partial charge in [-0.1, -0.05) is 6.07 Å². The summed E-state index contributed by atoms with van der Waals surface area (Å²) in [5.41, 5.74) is 0.918. The van der Waals surface area contributed by atoms with E-state index < -0.39 is 0 Å². The number of hydrogen-bond acceptors (Lipinski definition) is 6. The molecule has 1 aliphatic rings. The van der Waals surface area contributed by atoms with Crippen LogP contribution in [0.4, 0.5) is 0 Å². The number of carbonyl (C=O) groups is 1. The van der Waals surface area contributed by atoms with Gasteiger partial charge in [0.1, 0.15) is 6.10 Å². The lowest BCUT2D eigenvalue weighted by molar-refractivity contribution is -0.133. The third-order valence-electron chi connectivity index (χ3n) is 3.91. The lowest BCUT2D eigenvalue weighted by Crippen LogP contribution is -2.45. The third-order valence-corrected chi connectivity index (χ3v) is 3.91. The van der Waals surface area contributed by atoms with Crippen LogP contribution >= 0.6 is 0 Å². The molecule has 1 aliphatic heterocycles. The molecule has 7 heteroatoms. The van der Waals surface area contributed by atoms with Crippen LogP contribution in [0.5, 0.6) is 11.8 Å². The van der Waals surface area contributed by atoms with E-state index in [1.807, 2.05) is 17.0 Å². The number of piperidine rings is 1. The van der Waals surface area contributed by atoms with Gasteiger partial charge in [0.05, 0.1) is 20.1 Å². The Morgan fingerprint density at radius 1 is 1.29 bits per heavy atom. The van der Waals surface area contributed by atoms with E-state index in [4.69, 9.17) is 9.47 Å². The van der Waals surface area contributed by atoms with Crippen molar-refractivity contribution in [1.82, 2.24) is 19.9 Å². The van der Waals surface area contributed by atoms with Crippen LogP contribution in [0.3, 0.4) is 0 Å². The number of hydrogen-bond donors (Lipinski definition) is 0. The van der Waals surface area contributed by atoms with Gasteiger partial charge in [0.15, 0.2) is 0 Å². The molecule has 0 saturated carbocycles. The standard InChI is InChI=1S/C17H20N4O3/c1-23-16-17(20-8-7-19-16)24-14-5-3-9-21(12-14)15(22)10-13-4-2-6-18-11-13/h2,4,6-8,11,14H,3,5,9-10,12H2,1H3. The molecule has 7 nitrogen and oxygen atoms in total. The Morgan fingerprint density at radius 3 is 2.88 bits per heavy atom. The summed E-state index contributed by atoms with van der Waals surface area (Å²) in [6.45, 7) is 1.29. The van der Waals surface area contributed by atoms with Crippen molar-refractivity contribution in [3.8, 4) is 11.8 Å². The van der Waals surface area contributed by atoms with E-state index in [-0.39, 0.29) is 12.0 Å². The molecule has 126 valence electrons. The first-order chi connectivity index (χ1) is 11.8. The minimum Gasteiger partial charge on any atom is -0.477 e. The number of likely N-dealkylation sites (tertiary alicyclic amines) is 1. The van der Waals surface area contributed by atoms with Crippen molar-refractivity contribution >= 4 is 5.91 Å². The van der Waals surface area contributed by atoms with Gasteiger partial charge in [-0.15, -0.1) is 0 Å². The molecule has 1 unspecified atom stereocenters. The van der Waals surface area contributed by atoms with Gasteiger partial charge in [0.25, 0.3) is 11.8 Å². The maximum atomic E-state index is 12.5. The normalized spacial score (nSPS) is 17.4. The lowest BCUT2D eigenvalue weighted by atomic mass is 10.1. The van der Waals surface area contributed by atoms with E-state index in [9.17, 15) is 4.79 Å². The highest BCUT2D eigenvalue weighted by molar-refractivity contribution is 5.78. The minimum absolute atomic E-state index is 0.0856. The maximum absolute atomic E-state index is 12.5. The summed E-state index contributed by atoms with van der Waals surface area (Å²) in [6.07, 6.45) is 8.55. The monoisotopic (exact) mass is 328 g/mol. The molecular weight excluding hydrogens is 308 g/mol. The topological polar surface area (TPSA) is 77.4 Å². The first-order valence-corrected chi connectivity index (χ1v) is 7.94. The predicted molar refractivity (Wildman–Crippen MR) is 86.8 cm³/mol. The Balaban J connectivity index is 1.61. The van der Waals surface area contributed by atoms with Gasteiger partial charge in [-0.3, -0.25) is 9.78 Å². The van der Waals surface area contributed by atoms with E-state index >= 15 is 0 Å². The zero-order valence-corrected chi connectivity index (χ0v) is 13.6. The first-order valence-electron chi connectivity index (χ1n) is 7.94. The van der Waals surface area contributed by atoms with Gasteiger partial charge in [-0.05, 0) is 24.5 Å². The Labute approximate surface area is 140 Å². The van der Waals surface area contributed by atoms with Crippen molar-refractivity contribution in [2.24, 2.45) is 0 Å². The van der Waals surface area contributed by atoms with Gasteiger partial charge in [-0.25, -0.2) is 9.97 Å². The van der Waals surface area contributed by atoms with Gasteiger partial charge < -0.3 is 14.4 Å². The minimum atomic E-state index is -0.109. The number of carbonyl (C=O) groups excluding carboxylic acids is 1. The molecule has 3 heterocycles. The largest absolute Gasteiger partial charge is 0.477 e. The van der Waals surface area contributed by atoms with Crippen LogP contribution in [0, 0.1) is 0 Å². The van der Waals surface area contributed by atoms with Crippen LogP contribution in [-0.2, 0) is 11.2 Å². The van der Waals surface area contributed by atoms with Gasteiger partial charge >= 0.3 is 0 Å². The number of pyridine rings is 1. The van der Waals surface area contributed by atoms with E-state index in [0.29, 0.717) is 24.7 Å². The SMILES string of the molecule is COc1nccnc1OC1CCCN(C(=O)Cc2cccnc2)C1. The molecule has 0 aliphatic carbocycles. The summed E-state index contributed by atoms with van der Waals surface area (Å²) in [5.74, 6) is 0.810. The fraction of sp³-hybridized carbons (Fsp3) is 0.412. The molecule has 0 spiro atoms. The van der Waals surface area contributed by atoms with Crippen LogP contribution in [0.15, 0.2) is 36.9 Å². The summed E-state index contributed by atoms with van der Waals surface area (Å²) in [4.78, 5) is 26.6. The second-order valence-electron chi connectivity index (χ2n) is 5.63. The number of ether oxygens (including phenoxy) is 2. The van der Waals surface area contributed by atoms with Gasteiger partial charge in [-0.2, -0.15) is 0 Å². The zero-order chi connectivity index (χ0) is 16.8. The van der Waals surface area contributed by atoms with Crippen LogP contribution in [0.1, 0.15) is 18.4 Å². The second kappa shape index (κ2) is 7.72. The molecule has 1 fully saturated rings. The van der Waals surface area contributed by atoms with Crippen molar-refractivity contribution < 1.29 is 14.3 Å². The highest BCUT2D eigenvalue weighted by Gasteiger charge is 2.26. The Kier molecular flexibility index (Phi) is 5.20. The van der Waals surface area contributed by atoms with Crippen molar-refractivity contribution in [3.63, 3.8) is 0 Å². The van der Waals surface area contributed by atoms with E-state index in [2.05, 4.69) is 15.0 Å². The van der Waals surface area contributed by atoms with Crippen LogP contribution in [-0.4, -0.2) is 52.1 Å². The van der Waals surface area contributed by atoms with Crippen molar-refractivity contribution in [1.29, 1.82) is 0 Å². The zero-order valence-electron chi connectivity index (χ0n) is 13.6. The summed E-state index contributed by atoms with van der Waals surface area (Å²) in [7, 11) is 1.53. The molecule has 3 rings (SSSR count). The molecule has 2 aromatic rings. The van der Waals surface area contributed by atoms with Crippen molar-refractivity contribution in [2.75, 3.05) is 20.2 Å². The first kappa shape index (κ1) is 16.2. The second-order valence-corrected chi connectivity index (χ2v) is 5.63. The molecule has 1 atom stereocenters. The number of rotatable bonds is 5. The van der Waals surface area contributed by atoms with Crippen LogP contribution in [0.25, 0.3) is 0 Å². The summed E-state index contributed by atoms with van der Waals surface area (Å²) in [5, 5.41) is 0. The van der Waals surface area contributed by atoms with Gasteiger partial charge in [0.2, 0.25) is 5.91 Å². The van der Waals surface area contributed by atoms with Crippen molar-refractivity contribution in [3.05, 3.63) is 42.5 Å². The Hall–Kier alpha value is -2.70. The molecule has 24 heavy (non-hydrogen) atoms. The smallest absolute Gasteiger partial charge is 0.278 e. The lowest BCUT2D eigenvalue weighted by Gasteiger charge is -2.32. The van der Waals surface area contributed by atoms with E-state index in [1.54, 1.807) is 24.8 Å². The molecule has 1 saturated heterocycles. The highest BCUT2D eigenvalue weighted by Crippen LogP contribution is 2.24. The summed E-state index contributed by atoms with van der Waals surface area (Å²) in [6, 6.07) is 3.75. The fourth-order valence-electron chi connectivity index (χ4n) is 2.74. The predicted octanol–water partition coefficient (Wildman–Crippen LogP) is 1.49. The number of amides is 1. The molecular formula is C17H20N4O3. The van der Waals surface area contributed by atoms with Crippen LogP contribution < -0.4 is 9.47 Å². The number of methoxy groups -OCH3 is 1. The molecule has 0 N–H and O–H groups in total. The summed E-state index contributed by atoms with van der Waals surface area (Å²) < 4.78 is 11.1. The quantitative estimate of drug-likeness (QED) is 0.827. The third kappa shape index (κ3) is 3.98. The van der Waals surface area contributed by atoms with Gasteiger partial charge in [0, 0.05) is 31.3 Å². The van der Waals surface area contributed by atoms with E-state index in [0.717, 1.165) is 24.9 Å². The highest BCUT2D eigenvalue weighted by atomic mass is 16.5. The number of nitrogens with zero attached hydrogens (tertiary/aromatic N) is 4. The van der Waals surface area contributed by atoms with E-state index in [1.165, 1.54) is 7.11 Å². The van der Waals surface area contributed by atoms with Crippen LogP contribution in [0.2, 0.25) is 0 Å². The molecule has 0 bridgehead atoms. The fourth-order valence-corrected chi connectivity index (χ4v) is 2.74. The Morgan fingerprint density at radius 2 is 2.12 bits per heavy atom. The van der Waals surface area contributed by atoms with Crippen molar-refractivity contribution in [2.45, 2.75) is 25.4 Å². The molecule has 0 radical (unpaired) electrons. The molecule has 0 aromatic carbocycles. The average molecular weight is 328 g/mol. The summed E-state index contributed by atoms with van der Waals surface area (Å²) >= 11 is 0. The average Bonchev–Trinajstić information content (AvgIpc) is 2.63. The Bertz CT molecular complexity index is 681. The molecule has 1 amide bonds.